The van der Waals surface area contributed by atoms with Crippen molar-refractivity contribution in [3.8, 4) is 11.5 Å². The molecule has 2 N–H and O–H groups in total. The van der Waals surface area contributed by atoms with E-state index in [1.807, 2.05) is 18.2 Å². The van der Waals surface area contributed by atoms with Gasteiger partial charge in [0.2, 0.25) is 5.91 Å². The first kappa shape index (κ1) is 21.3. The number of amides is 1. The van der Waals surface area contributed by atoms with Crippen LogP contribution in [0.5, 0.6) is 11.5 Å². The van der Waals surface area contributed by atoms with E-state index >= 15 is 0 Å². The molecule has 2 saturated heterocycles. The van der Waals surface area contributed by atoms with E-state index in [1.54, 1.807) is 0 Å². The first-order valence-corrected chi connectivity index (χ1v) is 11.9. The third-order valence-corrected chi connectivity index (χ3v) is 6.88. The molecule has 0 unspecified atom stereocenters. The molecule has 0 spiro atoms. The van der Waals surface area contributed by atoms with Crippen molar-refractivity contribution in [2.24, 2.45) is 11.8 Å². The van der Waals surface area contributed by atoms with Crippen LogP contribution < -0.4 is 20.1 Å². The Morgan fingerprint density at radius 3 is 2.78 bits per heavy atom. The van der Waals surface area contributed by atoms with Gasteiger partial charge in [0.25, 0.3) is 0 Å². The number of fused-ring (bicyclic) bond motifs is 3. The van der Waals surface area contributed by atoms with Gasteiger partial charge < -0.3 is 20.1 Å². The largest absolute Gasteiger partial charge is 0.486 e. The summed E-state index contributed by atoms with van der Waals surface area (Å²) in [6.07, 6.45) is 3.79. The minimum Gasteiger partial charge on any atom is -0.486 e. The number of hydrogen-bond donors (Lipinski definition) is 2. The maximum atomic E-state index is 12.5. The summed E-state index contributed by atoms with van der Waals surface area (Å²) in [5, 5.41) is 6.78. The first-order chi connectivity index (χ1) is 15.7. The highest BCUT2D eigenvalue weighted by Gasteiger charge is 2.36. The molecular weight excluding hydrogens is 402 g/mol. The molecule has 0 radical (unpaired) electrons. The molecule has 2 bridgehead atoms. The average Bonchev–Trinajstić information content (AvgIpc) is 2.81. The second kappa shape index (κ2) is 9.92. The van der Waals surface area contributed by atoms with Crippen LogP contribution in [0.3, 0.4) is 0 Å². The minimum absolute atomic E-state index is 0.0599. The lowest BCUT2D eigenvalue weighted by Crippen LogP contribution is -2.55. The van der Waals surface area contributed by atoms with Crippen LogP contribution in [0.4, 0.5) is 5.69 Å². The topological polar surface area (TPSA) is 62.8 Å². The molecule has 6 heteroatoms. The van der Waals surface area contributed by atoms with E-state index in [1.165, 1.54) is 18.5 Å². The number of piperidine rings is 2. The highest BCUT2D eigenvalue weighted by atomic mass is 16.6. The second-order valence-corrected chi connectivity index (χ2v) is 9.36. The zero-order chi connectivity index (χ0) is 21.8. The van der Waals surface area contributed by atoms with E-state index < -0.39 is 0 Å². The highest BCUT2D eigenvalue weighted by molar-refractivity contribution is 5.91. The van der Waals surface area contributed by atoms with Crippen molar-refractivity contribution in [1.82, 2.24) is 10.2 Å². The van der Waals surface area contributed by atoms with Gasteiger partial charge in [0, 0.05) is 43.9 Å². The van der Waals surface area contributed by atoms with Crippen LogP contribution in [0, 0.1) is 11.8 Å². The van der Waals surface area contributed by atoms with Crippen LogP contribution in [-0.4, -0.2) is 49.7 Å². The Bertz CT molecular complexity index is 920. The van der Waals surface area contributed by atoms with E-state index in [0.717, 1.165) is 49.8 Å². The van der Waals surface area contributed by atoms with Crippen LogP contribution in [0.2, 0.25) is 0 Å². The SMILES string of the molecule is O=C(CCC[C@H]1NC[C@@H]2C[C@H]1CN(Cc1ccccc1)C2)Nc1ccc2c(c1)OCCO2. The van der Waals surface area contributed by atoms with Crippen molar-refractivity contribution < 1.29 is 14.3 Å². The van der Waals surface area contributed by atoms with Gasteiger partial charge in [0.1, 0.15) is 13.2 Å². The number of nitrogens with zero attached hydrogens (tertiary/aromatic N) is 1. The van der Waals surface area contributed by atoms with E-state index in [2.05, 4.69) is 45.9 Å². The normalized spacial score (nSPS) is 24.7. The molecule has 2 aromatic rings. The van der Waals surface area contributed by atoms with E-state index in [9.17, 15) is 4.79 Å². The van der Waals surface area contributed by atoms with Gasteiger partial charge in [-0.1, -0.05) is 30.3 Å². The molecule has 3 heterocycles. The number of carbonyl (C=O) groups excluding carboxylic acids is 1. The smallest absolute Gasteiger partial charge is 0.224 e. The third kappa shape index (κ3) is 5.25. The van der Waals surface area contributed by atoms with Crippen molar-refractivity contribution in [3.63, 3.8) is 0 Å². The summed E-state index contributed by atoms with van der Waals surface area (Å²) >= 11 is 0. The molecule has 0 aliphatic carbocycles. The molecule has 170 valence electrons. The van der Waals surface area contributed by atoms with Crippen molar-refractivity contribution in [2.45, 2.75) is 38.3 Å². The number of anilines is 1. The number of benzene rings is 2. The number of likely N-dealkylation sites (tertiary alicyclic amines) is 1. The van der Waals surface area contributed by atoms with Crippen molar-refractivity contribution in [2.75, 3.05) is 38.2 Å². The molecule has 2 aromatic carbocycles. The van der Waals surface area contributed by atoms with Gasteiger partial charge in [-0.15, -0.1) is 0 Å². The van der Waals surface area contributed by atoms with E-state index in [-0.39, 0.29) is 5.91 Å². The molecular formula is C26H33N3O3. The Morgan fingerprint density at radius 1 is 1.06 bits per heavy atom. The van der Waals surface area contributed by atoms with Crippen LogP contribution in [0.15, 0.2) is 48.5 Å². The summed E-state index contributed by atoms with van der Waals surface area (Å²) in [6, 6.07) is 16.9. The Labute approximate surface area is 190 Å². The lowest BCUT2D eigenvalue weighted by atomic mass is 9.79. The minimum atomic E-state index is 0.0599. The van der Waals surface area contributed by atoms with Crippen LogP contribution >= 0.6 is 0 Å². The number of carbonyl (C=O) groups is 1. The number of nitrogens with one attached hydrogen (secondary N) is 2. The first-order valence-electron chi connectivity index (χ1n) is 11.9. The molecule has 0 aromatic heterocycles. The predicted molar refractivity (Wildman–Crippen MR) is 125 cm³/mol. The fourth-order valence-corrected chi connectivity index (χ4v) is 5.41. The number of hydrogen-bond acceptors (Lipinski definition) is 5. The summed E-state index contributed by atoms with van der Waals surface area (Å²) in [4.78, 5) is 15.1. The van der Waals surface area contributed by atoms with Crippen LogP contribution in [0.1, 0.15) is 31.2 Å². The molecule has 3 atom stereocenters. The zero-order valence-corrected chi connectivity index (χ0v) is 18.6. The van der Waals surface area contributed by atoms with Crippen molar-refractivity contribution in [1.29, 1.82) is 0 Å². The molecule has 2 fully saturated rings. The summed E-state index contributed by atoms with van der Waals surface area (Å²) in [6.45, 7) is 5.58. The standard InChI is InChI=1S/C26H33N3O3/c30-26(28-22-9-10-24-25(14-22)32-12-11-31-24)8-4-7-23-21-13-20(15-27-23)17-29(18-21)16-19-5-2-1-3-6-19/h1-3,5-6,9-10,14,20-21,23,27H,4,7-8,11-13,15-18H2,(H,28,30)/t20-,21-,23+/m0/s1. The lowest BCUT2D eigenvalue weighted by Gasteiger charge is -2.46. The summed E-state index contributed by atoms with van der Waals surface area (Å²) < 4.78 is 11.1. The Balaban J connectivity index is 1.08. The lowest BCUT2D eigenvalue weighted by molar-refractivity contribution is -0.116. The van der Waals surface area contributed by atoms with Gasteiger partial charge in [0.05, 0.1) is 0 Å². The maximum Gasteiger partial charge on any atom is 0.224 e. The molecule has 1 amide bonds. The third-order valence-electron chi connectivity index (χ3n) is 6.88. The molecule has 3 aliphatic heterocycles. The quantitative estimate of drug-likeness (QED) is 0.695. The van der Waals surface area contributed by atoms with Gasteiger partial charge in [0.15, 0.2) is 11.5 Å². The van der Waals surface area contributed by atoms with Gasteiger partial charge in [-0.3, -0.25) is 9.69 Å². The van der Waals surface area contributed by atoms with Gasteiger partial charge in [-0.2, -0.15) is 0 Å². The number of ether oxygens (including phenoxy) is 2. The fourth-order valence-electron chi connectivity index (χ4n) is 5.41. The van der Waals surface area contributed by atoms with Crippen molar-refractivity contribution in [3.05, 3.63) is 54.1 Å². The predicted octanol–water partition coefficient (Wildman–Crippen LogP) is 3.68. The number of rotatable bonds is 7. The fraction of sp³-hybridized carbons (Fsp3) is 0.500. The summed E-state index contributed by atoms with van der Waals surface area (Å²) in [5.41, 5.74) is 2.16. The van der Waals surface area contributed by atoms with Gasteiger partial charge in [-0.05, 0) is 55.3 Å². The summed E-state index contributed by atoms with van der Waals surface area (Å²) in [5.74, 6) is 2.92. The Hall–Kier alpha value is -2.57. The van der Waals surface area contributed by atoms with Crippen LogP contribution in [0.25, 0.3) is 0 Å². The Morgan fingerprint density at radius 2 is 1.91 bits per heavy atom. The molecule has 5 rings (SSSR count). The monoisotopic (exact) mass is 435 g/mol. The molecule has 6 nitrogen and oxygen atoms in total. The summed E-state index contributed by atoms with van der Waals surface area (Å²) in [7, 11) is 0. The zero-order valence-electron chi connectivity index (χ0n) is 18.6. The highest BCUT2D eigenvalue weighted by Crippen LogP contribution is 2.33. The van der Waals surface area contributed by atoms with Gasteiger partial charge in [-0.25, -0.2) is 0 Å². The second-order valence-electron chi connectivity index (χ2n) is 9.36. The van der Waals surface area contributed by atoms with Crippen molar-refractivity contribution >= 4 is 11.6 Å². The average molecular weight is 436 g/mol. The Kier molecular flexibility index (Phi) is 6.60. The molecule has 32 heavy (non-hydrogen) atoms. The van der Waals surface area contributed by atoms with Gasteiger partial charge >= 0.3 is 0 Å². The van der Waals surface area contributed by atoms with E-state index in [0.29, 0.717) is 37.3 Å². The molecule has 0 saturated carbocycles. The maximum absolute atomic E-state index is 12.5. The van der Waals surface area contributed by atoms with Crippen LogP contribution in [-0.2, 0) is 11.3 Å². The van der Waals surface area contributed by atoms with E-state index in [4.69, 9.17) is 9.47 Å². The molecule has 3 aliphatic rings.